The second-order valence-corrected chi connectivity index (χ2v) is 7.48. The van der Waals surface area contributed by atoms with Crippen LogP contribution in [0.3, 0.4) is 0 Å². The molecule has 0 spiro atoms. The molecule has 3 atom stereocenters. The summed E-state index contributed by atoms with van der Waals surface area (Å²) in [4.78, 5) is 25.0. The first-order valence-corrected chi connectivity index (χ1v) is 9.40. The summed E-state index contributed by atoms with van der Waals surface area (Å²) >= 11 is 0. The lowest BCUT2D eigenvalue weighted by Crippen LogP contribution is -2.45. The quantitative estimate of drug-likeness (QED) is 0.796. The molecule has 2 aliphatic heterocycles. The number of benzene rings is 1. The van der Waals surface area contributed by atoms with Crippen molar-refractivity contribution in [2.45, 2.75) is 51.7 Å². The molecule has 0 radical (unpaired) electrons. The SMILES string of the molecule is CC1=C(C(=O)O[C@H]2CCC[C@@H](C)C2)[C@@H](c2ccc3c(c2)OCO3)NC(=O)N1. The van der Waals surface area contributed by atoms with Crippen LogP contribution in [0.2, 0.25) is 0 Å². The molecule has 0 bridgehead atoms. The Balaban J connectivity index is 1.60. The average Bonchev–Trinajstić information content (AvgIpc) is 3.08. The Hall–Kier alpha value is -2.70. The number of ether oxygens (including phenoxy) is 3. The molecular formula is C20H24N2O5. The number of carbonyl (C=O) groups excluding carboxylic acids is 2. The number of rotatable bonds is 3. The van der Waals surface area contributed by atoms with Crippen LogP contribution in [0.4, 0.5) is 4.79 Å². The molecular weight excluding hydrogens is 348 g/mol. The van der Waals surface area contributed by atoms with Gasteiger partial charge in [-0.1, -0.05) is 19.4 Å². The fraction of sp³-hybridized carbons (Fsp3) is 0.500. The third kappa shape index (κ3) is 3.59. The lowest BCUT2D eigenvalue weighted by atomic mass is 9.88. The predicted molar refractivity (Wildman–Crippen MR) is 97.2 cm³/mol. The summed E-state index contributed by atoms with van der Waals surface area (Å²) in [5.74, 6) is 1.43. The van der Waals surface area contributed by atoms with Crippen molar-refractivity contribution in [3.05, 3.63) is 35.0 Å². The van der Waals surface area contributed by atoms with Crippen LogP contribution in [0.15, 0.2) is 29.5 Å². The van der Waals surface area contributed by atoms with Crippen molar-refractivity contribution in [3.8, 4) is 11.5 Å². The first-order chi connectivity index (χ1) is 13.0. The van der Waals surface area contributed by atoms with Crippen molar-refractivity contribution >= 4 is 12.0 Å². The monoisotopic (exact) mass is 372 g/mol. The highest BCUT2D eigenvalue weighted by Gasteiger charge is 2.34. The number of esters is 1. The highest BCUT2D eigenvalue weighted by Crippen LogP contribution is 2.37. The van der Waals surface area contributed by atoms with Gasteiger partial charge in [0.2, 0.25) is 6.79 Å². The molecule has 2 heterocycles. The van der Waals surface area contributed by atoms with Crippen LogP contribution in [0.25, 0.3) is 0 Å². The maximum absolute atomic E-state index is 13.0. The Labute approximate surface area is 158 Å². The minimum Gasteiger partial charge on any atom is -0.459 e. The molecule has 7 nitrogen and oxygen atoms in total. The van der Waals surface area contributed by atoms with Gasteiger partial charge in [0.15, 0.2) is 11.5 Å². The maximum atomic E-state index is 13.0. The largest absolute Gasteiger partial charge is 0.459 e. The molecule has 2 amide bonds. The van der Waals surface area contributed by atoms with Crippen LogP contribution < -0.4 is 20.1 Å². The second kappa shape index (κ2) is 7.13. The molecule has 1 fully saturated rings. The van der Waals surface area contributed by atoms with E-state index >= 15 is 0 Å². The van der Waals surface area contributed by atoms with Crippen molar-refractivity contribution in [2.24, 2.45) is 5.92 Å². The number of amides is 2. The summed E-state index contributed by atoms with van der Waals surface area (Å²) in [5.41, 5.74) is 1.68. The number of carbonyl (C=O) groups is 2. The molecule has 0 aromatic heterocycles. The van der Waals surface area contributed by atoms with E-state index in [4.69, 9.17) is 14.2 Å². The van der Waals surface area contributed by atoms with E-state index in [9.17, 15) is 9.59 Å². The van der Waals surface area contributed by atoms with E-state index < -0.39 is 6.04 Å². The van der Waals surface area contributed by atoms with Gasteiger partial charge in [-0.2, -0.15) is 0 Å². The zero-order chi connectivity index (χ0) is 19.0. The van der Waals surface area contributed by atoms with E-state index in [1.165, 1.54) is 6.42 Å². The Morgan fingerprint density at radius 3 is 2.85 bits per heavy atom. The molecule has 1 aromatic carbocycles. The van der Waals surface area contributed by atoms with Crippen LogP contribution in [0.1, 0.15) is 51.1 Å². The molecule has 0 unspecified atom stereocenters. The molecule has 1 aromatic rings. The van der Waals surface area contributed by atoms with Crippen molar-refractivity contribution < 1.29 is 23.8 Å². The maximum Gasteiger partial charge on any atom is 0.338 e. The summed E-state index contributed by atoms with van der Waals surface area (Å²) in [6, 6.07) is 4.46. The number of nitrogens with one attached hydrogen (secondary N) is 2. The molecule has 2 N–H and O–H groups in total. The van der Waals surface area contributed by atoms with Gasteiger partial charge in [-0.05, 0) is 49.8 Å². The van der Waals surface area contributed by atoms with Crippen molar-refractivity contribution in [3.63, 3.8) is 0 Å². The predicted octanol–water partition coefficient (Wildman–Crippen LogP) is 3.17. The summed E-state index contributed by atoms with van der Waals surface area (Å²) in [5, 5.41) is 5.51. The van der Waals surface area contributed by atoms with Gasteiger partial charge in [-0.15, -0.1) is 0 Å². The zero-order valence-electron chi connectivity index (χ0n) is 15.5. The van der Waals surface area contributed by atoms with E-state index in [-0.39, 0.29) is 24.9 Å². The highest BCUT2D eigenvalue weighted by molar-refractivity contribution is 5.95. The summed E-state index contributed by atoms with van der Waals surface area (Å²) in [6.45, 7) is 4.07. The van der Waals surface area contributed by atoms with Crippen LogP contribution in [-0.2, 0) is 9.53 Å². The average molecular weight is 372 g/mol. The van der Waals surface area contributed by atoms with Gasteiger partial charge in [0.25, 0.3) is 0 Å². The Bertz CT molecular complexity index is 804. The van der Waals surface area contributed by atoms with E-state index in [0.29, 0.717) is 28.7 Å². The molecule has 144 valence electrons. The van der Waals surface area contributed by atoms with Crippen molar-refractivity contribution in [2.75, 3.05) is 6.79 Å². The minimum absolute atomic E-state index is 0.0726. The van der Waals surface area contributed by atoms with Crippen LogP contribution in [0.5, 0.6) is 11.5 Å². The lowest BCUT2D eigenvalue weighted by molar-refractivity contribution is -0.146. The molecule has 1 saturated carbocycles. The second-order valence-electron chi connectivity index (χ2n) is 7.48. The minimum atomic E-state index is -0.596. The standard InChI is InChI=1S/C20H24N2O5/c1-11-4-3-5-14(8-11)27-19(23)17-12(2)21-20(24)22-18(17)13-6-7-15-16(9-13)26-10-25-15/h6-7,9,11,14,18H,3-5,8,10H2,1-2H3,(H2,21,22,24)/t11-,14+,18-/m1/s1. The molecule has 27 heavy (non-hydrogen) atoms. The van der Waals surface area contributed by atoms with Crippen LogP contribution in [0, 0.1) is 5.92 Å². The van der Waals surface area contributed by atoms with Crippen LogP contribution >= 0.6 is 0 Å². The molecule has 3 aliphatic rings. The summed E-state index contributed by atoms with van der Waals surface area (Å²) in [6.07, 6.45) is 3.94. The van der Waals surface area contributed by atoms with Gasteiger partial charge in [0.1, 0.15) is 6.10 Å². The third-order valence-corrected chi connectivity index (χ3v) is 5.38. The van der Waals surface area contributed by atoms with Gasteiger partial charge in [-0.25, -0.2) is 9.59 Å². The Morgan fingerprint density at radius 1 is 1.22 bits per heavy atom. The van der Waals surface area contributed by atoms with Gasteiger partial charge < -0.3 is 24.8 Å². The van der Waals surface area contributed by atoms with Crippen molar-refractivity contribution in [1.29, 1.82) is 0 Å². The van der Waals surface area contributed by atoms with E-state index in [2.05, 4.69) is 17.6 Å². The normalized spacial score (nSPS) is 27.0. The summed E-state index contributed by atoms with van der Waals surface area (Å²) in [7, 11) is 0. The highest BCUT2D eigenvalue weighted by atomic mass is 16.7. The number of fused-ring (bicyclic) bond motifs is 1. The molecule has 4 rings (SSSR count). The molecule has 7 heteroatoms. The molecule has 1 aliphatic carbocycles. The zero-order valence-corrected chi connectivity index (χ0v) is 15.5. The third-order valence-electron chi connectivity index (χ3n) is 5.38. The Kier molecular flexibility index (Phi) is 4.68. The van der Waals surface area contributed by atoms with E-state index in [0.717, 1.165) is 24.8 Å². The lowest BCUT2D eigenvalue weighted by Gasteiger charge is -2.31. The van der Waals surface area contributed by atoms with Crippen LogP contribution in [-0.4, -0.2) is 24.9 Å². The number of hydrogen-bond donors (Lipinski definition) is 2. The topological polar surface area (TPSA) is 85.9 Å². The van der Waals surface area contributed by atoms with Crippen molar-refractivity contribution in [1.82, 2.24) is 10.6 Å². The van der Waals surface area contributed by atoms with Gasteiger partial charge in [0, 0.05) is 5.70 Å². The Morgan fingerprint density at radius 2 is 2.04 bits per heavy atom. The van der Waals surface area contributed by atoms with E-state index in [1.54, 1.807) is 19.1 Å². The van der Waals surface area contributed by atoms with Gasteiger partial charge in [0.05, 0.1) is 11.6 Å². The first-order valence-electron chi connectivity index (χ1n) is 9.40. The fourth-order valence-corrected chi connectivity index (χ4v) is 4.01. The van der Waals surface area contributed by atoms with Gasteiger partial charge >= 0.3 is 12.0 Å². The molecule has 0 saturated heterocycles. The first kappa shape index (κ1) is 17.7. The fourth-order valence-electron chi connectivity index (χ4n) is 4.01. The number of hydrogen-bond acceptors (Lipinski definition) is 5. The number of urea groups is 1. The smallest absolute Gasteiger partial charge is 0.338 e. The number of allylic oxidation sites excluding steroid dienone is 1. The summed E-state index contributed by atoms with van der Waals surface area (Å²) < 4.78 is 16.6. The van der Waals surface area contributed by atoms with Gasteiger partial charge in [-0.3, -0.25) is 0 Å². The van der Waals surface area contributed by atoms with E-state index in [1.807, 2.05) is 6.07 Å².